The highest BCUT2D eigenvalue weighted by molar-refractivity contribution is 5.76. The first-order valence-corrected chi connectivity index (χ1v) is 29.4. The van der Waals surface area contributed by atoms with E-state index in [2.05, 4.69) is 19.2 Å². The molecule has 9 nitrogen and oxygen atoms in total. The number of carbonyl (C=O) groups is 1. The molecule has 0 aromatic rings. The number of allylic oxidation sites excluding steroid dienone is 1. The predicted molar refractivity (Wildman–Crippen MR) is 281 cm³/mol. The molecule has 0 spiro atoms. The third-order valence-electron chi connectivity index (χ3n) is 14.4. The maximum atomic E-state index is 13.0. The zero-order valence-electron chi connectivity index (χ0n) is 44.2. The Morgan fingerprint density at radius 3 is 1.16 bits per heavy atom. The van der Waals surface area contributed by atoms with Gasteiger partial charge in [-0.1, -0.05) is 283 Å². The molecule has 1 saturated heterocycles. The van der Waals surface area contributed by atoms with E-state index in [-0.39, 0.29) is 12.5 Å². The molecular formula is C58H113NO8. The van der Waals surface area contributed by atoms with E-state index in [0.717, 1.165) is 38.5 Å². The Hall–Kier alpha value is -1.07. The minimum absolute atomic E-state index is 0.172. The summed E-state index contributed by atoms with van der Waals surface area (Å²) >= 11 is 0. The molecule has 0 bridgehead atoms. The zero-order chi connectivity index (χ0) is 48.7. The molecule has 0 aliphatic carbocycles. The number of hydrogen-bond acceptors (Lipinski definition) is 8. The molecule has 0 aromatic heterocycles. The van der Waals surface area contributed by atoms with Crippen LogP contribution < -0.4 is 5.32 Å². The van der Waals surface area contributed by atoms with Gasteiger partial charge in [-0.05, 0) is 19.3 Å². The molecule has 1 aliphatic heterocycles. The van der Waals surface area contributed by atoms with Crippen LogP contribution in [-0.4, -0.2) is 87.5 Å². The smallest absolute Gasteiger partial charge is 0.220 e. The highest BCUT2D eigenvalue weighted by Crippen LogP contribution is 2.23. The van der Waals surface area contributed by atoms with Gasteiger partial charge < -0.3 is 40.3 Å². The summed E-state index contributed by atoms with van der Waals surface area (Å²) in [6.45, 7) is 3.79. The van der Waals surface area contributed by atoms with Gasteiger partial charge in [-0.2, -0.15) is 0 Å². The van der Waals surface area contributed by atoms with Crippen LogP contribution in [0.5, 0.6) is 0 Å². The number of aliphatic hydroxyl groups excluding tert-OH is 5. The fourth-order valence-corrected chi connectivity index (χ4v) is 9.69. The molecule has 0 aromatic carbocycles. The maximum absolute atomic E-state index is 13.0. The molecule has 1 aliphatic rings. The minimum atomic E-state index is -1.56. The number of carbonyl (C=O) groups excluding carboxylic acids is 1. The van der Waals surface area contributed by atoms with Gasteiger partial charge in [0.1, 0.15) is 24.4 Å². The van der Waals surface area contributed by atoms with E-state index in [9.17, 15) is 30.3 Å². The summed E-state index contributed by atoms with van der Waals surface area (Å²) in [5, 5.41) is 54.3. The average molecular weight is 953 g/mol. The van der Waals surface area contributed by atoms with E-state index >= 15 is 0 Å². The number of aliphatic hydroxyl groups is 5. The van der Waals surface area contributed by atoms with Gasteiger partial charge in [0.2, 0.25) is 5.91 Å². The second-order valence-corrected chi connectivity index (χ2v) is 20.8. The fraction of sp³-hybridized carbons (Fsp3) is 0.948. The van der Waals surface area contributed by atoms with Crippen molar-refractivity contribution in [1.29, 1.82) is 0 Å². The molecule has 1 heterocycles. The lowest BCUT2D eigenvalue weighted by Crippen LogP contribution is -2.60. The lowest BCUT2D eigenvalue weighted by atomic mass is 9.99. The lowest BCUT2D eigenvalue weighted by Gasteiger charge is -2.40. The van der Waals surface area contributed by atoms with Crippen molar-refractivity contribution in [3.63, 3.8) is 0 Å². The van der Waals surface area contributed by atoms with E-state index in [4.69, 9.17) is 9.47 Å². The Labute approximate surface area is 414 Å². The second-order valence-electron chi connectivity index (χ2n) is 20.8. The highest BCUT2D eigenvalue weighted by atomic mass is 16.7. The number of unbranched alkanes of at least 4 members (excludes halogenated alkanes) is 41. The van der Waals surface area contributed by atoms with Crippen molar-refractivity contribution in [3.8, 4) is 0 Å². The Morgan fingerprint density at radius 1 is 0.493 bits per heavy atom. The first-order valence-electron chi connectivity index (χ1n) is 29.4. The van der Waals surface area contributed by atoms with Crippen molar-refractivity contribution in [2.24, 2.45) is 0 Å². The third-order valence-corrected chi connectivity index (χ3v) is 14.4. The van der Waals surface area contributed by atoms with Crippen LogP contribution in [0.3, 0.4) is 0 Å². The van der Waals surface area contributed by atoms with Gasteiger partial charge >= 0.3 is 0 Å². The van der Waals surface area contributed by atoms with Crippen LogP contribution in [0, 0.1) is 0 Å². The maximum Gasteiger partial charge on any atom is 0.220 e. The third kappa shape index (κ3) is 38.3. The lowest BCUT2D eigenvalue weighted by molar-refractivity contribution is -0.302. The summed E-state index contributed by atoms with van der Waals surface area (Å²) in [6, 6.07) is -0.799. The van der Waals surface area contributed by atoms with Crippen molar-refractivity contribution < 1.29 is 39.8 Å². The van der Waals surface area contributed by atoms with Crippen molar-refractivity contribution in [2.75, 3.05) is 13.2 Å². The summed E-state index contributed by atoms with van der Waals surface area (Å²) < 4.78 is 11.2. The average Bonchev–Trinajstić information content (AvgIpc) is 3.33. The van der Waals surface area contributed by atoms with E-state index in [0.29, 0.717) is 6.42 Å². The molecule has 6 N–H and O–H groups in total. The summed E-state index contributed by atoms with van der Waals surface area (Å²) in [5.74, 6) is -0.172. The summed E-state index contributed by atoms with van der Waals surface area (Å²) in [6.07, 6.45) is 53.1. The van der Waals surface area contributed by atoms with Crippen molar-refractivity contribution in [2.45, 2.75) is 339 Å². The number of nitrogens with one attached hydrogen (secondary N) is 1. The Morgan fingerprint density at radius 2 is 0.821 bits per heavy atom. The first kappa shape index (κ1) is 63.9. The van der Waals surface area contributed by atoms with Gasteiger partial charge in [-0.15, -0.1) is 0 Å². The summed E-state index contributed by atoms with van der Waals surface area (Å²) in [5.41, 5.74) is 0. The second kappa shape index (κ2) is 48.6. The molecule has 9 heteroatoms. The van der Waals surface area contributed by atoms with Gasteiger partial charge in [0.15, 0.2) is 6.29 Å². The molecular weight excluding hydrogens is 839 g/mol. The van der Waals surface area contributed by atoms with E-state index in [1.165, 1.54) is 238 Å². The molecule has 1 fully saturated rings. The van der Waals surface area contributed by atoms with Crippen LogP contribution >= 0.6 is 0 Å². The van der Waals surface area contributed by atoms with Crippen LogP contribution in [0.1, 0.15) is 296 Å². The summed E-state index contributed by atoms with van der Waals surface area (Å²) in [7, 11) is 0. The monoisotopic (exact) mass is 952 g/mol. The predicted octanol–water partition coefficient (Wildman–Crippen LogP) is 14.4. The van der Waals surface area contributed by atoms with Gasteiger partial charge in [-0.3, -0.25) is 4.79 Å². The van der Waals surface area contributed by atoms with E-state index < -0.39 is 49.5 Å². The van der Waals surface area contributed by atoms with Crippen molar-refractivity contribution in [1.82, 2.24) is 5.32 Å². The van der Waals surface area contributed by atoms with E-state index in [1.807, 2.05) is 6.08 Å². The SMILES string of the molecule is CCCCCCCCCCC/C=C/C(O)C(COC1OC(CO)C(O)C(O)C1O)NC(=O)CCCCCCCCCCCCCCCCCCCCCCCCCCCCCCCCCCC. The van der Waals surface area contributed by atoms with Crippen molar-refractivity contribution >= 4 is 5.91 Å². The van der Waals surface area contributed by atoms with Gasteiger partial charge in [0, 0.05) is 6.42 Å². The van der Waals surface area contributed by atoms with Crippen molar-refractivity contribution in [3.05, 3.63) is 12.2 Å². The first-order chi connectivity index (χ1) is 32.8. The van der Waals surface area contributed by atoms with Crippen LogP contribution in [-0.2, 0) is 14.3 Å². The van der Waals surface area contributed by atoms with Crippen LogP contribution in [0.25, 0.3) is 0 Å². The minimum Gasteiger partial charge on any atom is -0.394 e. The number of ether oxygens (including phenoxy) is 2. The molecule has 1 rings (SSSR count). The molecule has 1 amide bonds. The molecule has 7 atom stereocenters. The molecule has 7 unspecified atom stereocenters. The number of amides is 1. The highest BCUT2D eigenvalue weighted by Gasteiger charge is 2.44. The standard InChI is InChI=1S/C58H113NO8/c1-3-5-7-9-11-13-15-16-17-18-19-20-21-22-23-24-25-26-27-28-29-30-31-32-33-34-35-36-38-40-42-44-46-48-54(62)59-51(50-66-58-57(65)56(64)55(63)53(49-60)67-58)52(61)47-45-43-41-39-37-14-12-10-8-6-4-2/h45,47,51-53,55-58,60-61,63-65H,3-44,46,48-50H2,1-2H3,(H,59,62)/b47-45+. The Balaban J connectivity index is 2.06. The number of hydrogen-bond donors (Lipinski definition) is 6. The molecule has 0 radical (unpaired) electrons. The topological polar surface area (TPSA) is 149 Å². The van der Waals surface area contributed by atoms with Crippen LogP contribution in [0.15, 0.2) is 12.2 Å². The molecule has 398 valence electrons. The van der Waals surface area contributed by atoms with Crippen LogP contribution in [0.4, 0.5) is 0 Å². The zero-order valence-corrected chi connectivity index (χ0v) is 44.2. The normalized spacial score (nSPS) is 19.7. The fourth-order valence-electron chi connectivity index (χ4n) is 9.69. The largest absolute Gasteiger partial charge is 0.394 e. The van der Waals surface area contributed by atoms with Gasteiger partial charge in [0.05, 0.1) is 25.4 Å². The molecule has 67 heavy (non-hydrogen) atoms. The summed E-state index contributed by atoms with van der Waals surface area (Å²) in [4.78, 5) is 13.0. The van der Waals surface area contributed by atoms with Crippen LogP contribution in [0.2, 0.25) is 0 Å². The van der Waals surface area contributed by atoms with Gasteiger partial charge in [0.25, 0.3) is 0 Å². The number of rotatable bonds is 51. The Bertz CT molecular complexity index is 1060. The molecule has 0 saturated carbocycles. The Kier molecular flexibility index (Phi) is 46.3. The van der Waals surface area contributed by atoms with E-state index in [1.54, 1.807) is 6.08 Å². The van der Waals surface area contributed by atoms with Gasteiger partial charge in [-0.25, -0.2) is 0 Å². The quantitative estimate of drug-likeness (QED) is 0.0261.